The standard InChI is InChI=1S/C19H16Cl2F5N5O2S/c1-18(2,8-28)9-29-16-14(19(3-4-19)17(32)33)13(7-27)30-31(16)15-11(20)5-10(6-12(15)21)34(22,23,24,25)26/h5-6,29H,3-4,9H2,1-2H3,(H,32,33). The van der Waals surface area contributed by atoms with Crippen molar-refractivity contribution in [3.8, 4) is 17.8 Å². The van der Waals surface area contributed by atoms with Gasteiger partial charge in [0, 0.05) is 6.54 Å². The van der Waals surface area contributed by atoms with E-state index in [2.05, 4.69) is 10.4 Å². The number of anilines is 1. The van der Waals surface area contributed by atoms with Crippen LogP contribution in [0.1, 0.15) is 37.9 Å². The van der Waals surface area contributed by atoms with E-state index in [9.17, 15) is 39.9 Å². The maximum Gasteiger partial charge on any atom is 0.314 e. The average molecular weight is 544 g/mol. The van der Waals surface area contributed by atoms with E-state index in [-0.39, 0.29) is 48.6 Å². The van der Waals surface area contributed by atoms with Crippen molar-refractivity contribution in [2.24, 2.45) is 5.41 Å². The van der Waals surface area contributed by atoms with Crippen LogP contribution >= 0.6 is 33.4 Å². The Kier molecular flexibility index (Phi) is 5.43. The van der Waals surface area contributed by atoms with E-state index in [4.69, 9.17) is 23.2 Å². The summed E-state index contributed by atoms with van der Waals surface area (Å²) in [6, 6.07) is 3.74. The van der Waals surface area contributed by atoms with Gasteiger partial charge < -0.3 is 10.4 Å². The van der Waals surface area contributed by atoms with Crippen LogP contribution in [0.3, 0.4) is 0 Å². The van der Waals surface area contributed by atoms with E-state index < -0.39 is 47.7 Å². The molecule has 1 fully saturated rings. The Balaban J connectivity index is 2.32. The first-order valence-corrected chi connectivity index (χ1v) is 12.1. The molecule has 0 aliphatic heterocycles. The van der Waals surface area contributed by atoms with Gasteiger partial charge in [0.2, 0.25) is 0 Å². The van der Waals surface area contributed by atoms with E-state index in [1.54, 1.807) is 19.9 Å². The highest BCUT2D eigenvalue weighted by Gasteiger charge is 2.65. The van der Waals surface area contributed by atoms with Gasteiger partial charge in [-0.15, -0.1) is 0 Å². The zero-order valence-corrected chi connectivity index (χ0v) is 19.8. The first kappa shape index (κ1) is 25.9. The Labute approximate surface area is 200 Å². The van der Waals surface area contributed by atoms with E-state index in [0.717, 1.165) is 4.68 Å². The Morgan fingerprint density at radius 1 is 1.24 bits per heavy atom. The molecule has 0 saturated heterocycles. The molecule has 7 nitrogen and oxygen atoms in total. The maximum atomic E-state index is 13.3. The molecule has 184 valence electrons. The van der Waals surface area contributed by atoms with Gasteiger partial charge in [-0.25, -0.2) is 4.68 Å². The minimum atomic E-state index is -10.1. The van der Waals surface area contributed by atoms with Gasteiger partial charge in [0.25, 0.3) is 0 Å². The second kappa shape index (κ2) is 7.13. The van der Waals surface area contributed by atoms with Gasteiger partial charge in [0.15, 0.2) is 5.69 Å². The van der Waals surface area contributed by atoms with Gasteiger partial charge in [-0.05, 0) is 38.8 Å². The molecule has 0 bridgehead atoms. The summed E-state index contributed by atoms with van der Waals surface area (Å²) < 4.78 is 67.3. The number of nitrogens with zero attached hydrogens (tertiary/aromatic N) is 4. The van der Waals surface area contributed by atoms with Gasteiger partial charge in [-0.3, -0.25) is 4.79 Å². The molecule has 0 atom stereocenters. The minimum Gasteiger partial charge on any atom is -0.481 e. The zero-order chi connectivity index (χ0) is 26.0. The number of aromatic nitrogens is 2. The molecule has 1 aromatic carbocycles. The second-order valence-corrected chi connectivity index (χ2v) is 11.8. The fraction of sp³-hybridized carbons (Fsp3) is 0.368. The van der Waals surface area contributed by atoms with Gasteiger partial charge in [-0.1, -0.05) is 42.6 Å². The van der Waals surface area contributed by atoms with Gasteiger partial charge in [0.1, 0.15) is 22.5 Å². The zero-order valence-electron chi connectivity index (χ0n) is 17.5. The number of nitrogens with one attached hydrogen (secondary N) is 1. The van der Waals surface area contributed by atoms with E-state index in [1.807, 2.05) is 6.07 Å². The van der Waals surface area contributed by atoms with Gasteiger partial charge in [0.05, 0.1) is 32.5 Å². The number of halogens is 7. The number of benzene rings is 1. The summed E-state index contributed by atoms with van der Waals surface area (Å²) in [6.45, 7) is 3.01. The summed E-state index contributed by atoms with van der Waals surface area (Å²) in [5.74, 6) is -1.41. The third kappa shape index (κ3) is 4.60. The summed E-state index contributed by atoms with van der Waals surface area (Å²) in [5, 5.41) is 33.7. The second-order valence-electron chi connectivity index (χ2n) is 8.54. The predicted octanol–water partition coefficient (Wildman–Crippen LogP) is 6.79. The van der Waals surface area contributed by atoms with Crippen LogP contribution in [0, 0.1) is 28.1 Å². The monoisotopic (exact) mass is 543 g/mol. The van der Waals surface area contributed by atoms with E-state index >= 15 is 0 Å². The Hall–Kier alpha value is -2.74. The Morgan fingerprint density at radius 2 is 1.76 bits per heavy atom. The molecule has 0 spiro atoms. The number of carbonyl (C=O) groups is 1. The molecule has 2 aromatic rings. The first-order valence-electron chi connectivity index (χ1n) is 9.42. The van der Waals surface area contributed by atoms with Crippen molar-refractivity contribution in [3.05, 3.63) is 33.4 Å². The summed E-state index contributed by atoms with van der Waals surface area (Å²) >= 11 is 11.9. The lowest BCUT2D eigenvalue weighted by Crippen LogP contribution is -2.26. The average Bonchev–Trinajstić information content (AvgIpc) is 3.41. The molecule has 1 aliphatic carbocycles. The van der Waals surface area contributed by atoms with E-state index in [1.165, 1.54) is 0 Å². The fourth-order valence-corrected chi connectivity index (χ4v) is 4.74. The SMILES string of the molecule is CC(C)(C#N)CNc1c(C2(C(=O)O)CC2)c(C#N)nn1-c1c(Cl)cc(S(F)(F)(F)(F)F)cc1Cl. The van der Waals surface area contributed by atoms with Crippen LogP contribution in [0.2, 0.25) is 10.0 Å². The maximum absolute atomic E-state index is 13.3. The molecular weight excluding hydrogens is 528 g/mol. The molecule has 0 amide bonds. The van der Waals surface area contributed by atoms with Crippen molar-refractivity contribution in [2.75, 3.05) is 11.9 Å². The summed E-state index contributed by atoms with van der Waals surface area (Å²) in [5.41, 5.74) is -3.43. The third-order valence-corrected chi connectivity index (χ3v) is 6.98. The minimum absolute atomic E-state index is 0.00912. The van der Waals surface area contributed by atoms with Crippen molar-refractivity contribution in [1.29, 1.82) is 10.5 Å². The van der Waals surface area contributed by atoms with Gasteiger partial charge in [-0.2, -0.15) is 15.6 Å². The van der Waals surface area contributed by atoms with Crippen molar-refractivity contribution < 1.29 is 29.3 Å². The van der Waals surface area contributed by atoms with Gasteiger partial charge >= 0.3 is 16.2 Å². The summed E-state index contributed by atoms with van der Waals surface area (Å²) in [7, 11) is -10.1. The highest BCUT2D eigenvalue weighted by Crippen LogP contribution is 3.02. The predicted molar refractivity (Wildman–Crippen MR) is 116 cm³/mol. The number of carboxylic acid groups (broad SMARTS) is 1. The molecule has 15 heteroatoms. The number of aliphatic carboxylic acids is 1. The Morgan fingerprint density at radius 3 is 2.15 bits per heavy atom. The van der Waals surface area contributed by atoms with Crippen molar-refractivity contribution in [1.82, 2.24) is 9.78 Å². The van der Waals surface area contributed by atoms with Crippen LogP contribution in [0.25, 0.3) is 5.69 Å². The largest absolute Gasteiger partial charge is 0.481 e. The normalized spacial score (nSPS) is 17.1. The van der Waals surface area contributed by atoms with Crippen LogP contribution in [-0.4, -0.2) is 27.4 Å². The third-order valence-electron chi connectivity index (χ3n) is 5.28. The molecule has 1 saturated carbocycles. The number of nitriles is 2. The smallest absolute Gasteiger partial charge is 0.314 e. The molecule has 1 aliphatic rings. The van der Waals surface area contributed by atoms with Crippen LogP contribution < -0.4 is 5.32 Å². The van der Waals surface area contributed by atoms with Crippen LogP contribution in [0.4, 0.5) is 25.2 Å². The molecule has 3 rings (SSSR count). The molecule has 2 N–H and O–H groups in total. The lowest BCUT2D eigenvalue weighted by Gasteiger charge is -2.40. The number of hydrogen-bond donors (Lipinski definition) is 2. The van der Waals surface area contributed by atoms with Crippen molar-refractivity contribution >= 4 is 45.2 Å². The Bertz CT molecular complexity index is 1290. The molecule has 0 unspecified atom stereocenters. The molecule has 0 radical (unpaired) electrons. The van der Waals surface area contributed by atoms with Crippen LogP contribution in [-0.2, 0) is 10.2 Å². The summed E-state index contributed by atoms with van der Waals surface area (Å²) in [4.78, 5) is 9.66. The highest BCUT2D eigenvalue weighted by atomic mass is 35.5. The number of carboxylic acids is 1. The van der Waals surface area contributed by atoms with Crippen LogP contribution in [0.5, 0.6) is 0 Å². The quantitative estimate of drug-likeness (QED) is 0.371. The first-order chi connectivity index (χ1) is 15.3. The highest BCUT2D eigenvalue weighted by molar-refractivity contribution is 8.45. The van der Waals surface area contributed by atoms with Crippen molar-refractivity contribution in [3.63, 3.8) is 0 Å². The van der Waals surface area contributed by atoms with Crippen LogP contribution in [0.15, 0.2) is 17.0 Å². The molecule has 1 heterocycles. The molecule has 34 heavy (non-hydrogen) atoms. The lowest BCUT2D eigenvalue weighted by molar-refractivity contribution is -0.140. The topological polar surface area (TPSA) is 115 Å². The fourth-order valence-electron chi connectivity index (χ4n) is 3.28. The molecule has 1 aromatic heterocycles. The number of hydrogen-bond acceptors (Lipinski definition) is 5. The summed E-state index contributed by atoms with van der Waals surface area (Å²) in [6.07, 6.45) is 0.285. The lowest BCUT2D eigenvalue weighted by atomic mass is 9.93. The van der Waals surface area contributed by atoms with E-state index in [0.29, 0.717) is 0 Å². The number of rotatable bonds is 7. The van der Waals surface area contributed by atoms with Crippen molar-refractivity contribution in [2.45, 2.75) is 37.0 Å². The molecular formula is C19H16Cl2F5N5O2S.